The van der Waals surface area contributed by atoms with Crippen LogP contribution in [0.4, 0.5) is 17.5 Å². The van der Waals surface area contributed by atoms with E-state index < -0.39 is 0 Å². The largest absolute Gasteiger partial charge is 0.486 e. The Kier molecular flexibility index (Phi) is 3.98. The van der Waals surface area contributed by atoms with Crippen LogP contribution in [0, 0.1) is 0 Å². The zero-order chi connectivity index (χ0) is 16.4. The van der Waals surface area contributed by atoms with E-state index in [1.807, 2.05) is 24.3 Å². The van der Waals surface area contributed by atoms with Gasteiger partial charge in [0, 0.05) is 37.1 Å². The Balaban J connectivity index is 1.45. The number of anilines is 3. The van der Waals surface area contributed by atoms with Crippen LogP contribution in [-0.2, 0) is 0 Å². The quantitative estimate of drug-likeness (QED) is 0.890. The second-order valence-electron chi connectivity index (χ2n) is 6.06. The molecule has 0 bridgehead atoms. The zero-order valence-corrected chi connectivity index (χ0v) is 13.4. The van der Waals surface area contributed by atoms with Gasteiger partial charge in [-0.1, -0.05) is 0 Å². The molecule has 0 unspecified atom stereocenters. The van der Waals surface area contributed by atoms with E-state index in [9.17, 15) is 0 Å². The molecule has 2 aliphatic rings. The van der Waals surface area contributed by atoms with Crippen molar-refractivity contribution in [2.24, 2.45) is 0 Å². The van der Waals surface area contributed by atoms with Crippen molar-refractivity contribution in [3.8, 4) is 11.5 Å². The number of benzene rings is 1. The molecule has 24 heavy (non-hydrogen) atoms. The van der Waals surface area contributed by atoms with Crippen LogP contribution >= 0.6 is 0 Å². The maximum absolute atomic E-state index is 5.70. The molecule has 0 radical (unpaired) electrons. The molecule has 1 fully saturated rings. The number of hydrogen-bond acceptors (Lipinski definition) is 7. The van der Waals surface area contributed by atoms with Crippen LogP contribution in [0.15, 0.2) is 30.5 Å². The van der Waals surface area contributed by atoms with Crippen LogP contribution in [0.3, 0.4) is 0 Å². The maximum atomic E-state index is 5.70. The summed E-state index contributed by atoms with van der Waals surface area (Å²) in [4.78, 5) is 10.5. The Bertz CT molecular complexity index is 724. The van der Waals surface area contributed by atoms with Crippen molar-refractivity contribution in [2.45, 2.75) is 18.9 Å². The van der Waals surface area contributed by atoms with Crippen molar-refractivity contribution in [1.82, 2.24) is 9.97 Å². The normalized spacial score (nSPS) is 19.8. The van der Waals surface area contributed by atoms with Crippen molar-refractivity contribution in [1.29, 1.82) is 0 Å². The average Bonchev–Trinajstić information content (AvgIpc) is 2.62. The summed E-state index contributed by atoms with van der Waals surface area (Å²) in [5.41, 5.74) is 6.75. The van der Waals surface area contributed by atoms with E-state index in [0.717, 1.165) is 48.9 Å². The lowest BCUT2D eigenvalue weighted by Gasteiger charge is -2.34. The number of nitrogens with zero attached hydrogens (tertiary/aromatic N) is 3. The van der Waals surface area contributed by atoms with Gasteiger partial charge in [0.05, 0.1) is 0 Å². The lowest BCUT2D eigenvalue weighted by Crippen LogP contribution is -2.42. The number of ether oxygens (including phenoxy) is 2. The number of aromatic nitrogens is 2. The molecule has 1 saturated heterocycles. The molecule has 2 aliphatic heterocycles. The Morgan fingerprint density at radius 1 is 1.17 bits per heavy atom. The average molecular weight is 327 g/mol. The fraction of sp³-hybridized carbons (Fsp3) is 0.412. The van der Waals surface area contributed by atoms with E-state index in [-0.39, 0.29) is 0 Å². The number of nitrogen functional groups attached to an aromatic ring is 1. The summed E-state index contributed by atoms with van der Waals surface area (Å²) in [5.74, 6) is 2.82. The zero-order valence-electron chi connectivity index (χ0n) is 13.4. The van der Waals surface area contributed by atoms with Gasteiger partial charge in [-0.15, -0.1) is 0 Å². The summed E-state index contributed by atoms with van der Waals surface area (Å²) in [6, 6.07) is 8.26. The van der Waals surface area contributed by atoms with Crippen molar-refractivity contribution in [2.75, 3.05) is 42.3 Å². The highest BCUT2D eigenvalue weighted by atomic mass is 16.6. The predicted molar refractivity (Wildman–Crippen MR) is 92.7 cm³/mol. The minimum absolute atomic E-state index is 0.314. The third kappa shape index (κ3) is 3.15. The number of fused-ring (bicyclic) bond motifs is 1. The molecule has 0 aliphatic carbocycles. The van der Waals surface area contributed by atoms with Gasteiger partial charge in [0.25, 0.3) is 0 Å². The number of rotatable bonds is 3. The van der Waals surface area contributed by atoms with Gasteiger partial charge >= 0.3 is 0 Å². The first-order chi connectivity index (χ1) is 11.8. The number of piperidine rings is 1. The first kappa shape index (κ1) is 14.9. The first-order valence-electron chi connectivity index (χ1n) is 8.27. The van der Waals surface area contributed by atoms with Crippen molar-refractivity contribution < 1.29 is 9.47 Å². The SMILES string of the molecule is Nc1nccc(N2CCC[C@H](Nc3ccc4c(c3)OCCO4)C2)n1. The third-order valence-corrected chi connectivity index (χ3v) is 4.32. The van der Waals surface area contributed by atoms with Gasteiger partial charge in [0.15, 0.2) is 11.5 Å². The summed E-state index contributed by atoms with van der Waals surface area (Å²) in [7, 11) is 0. The standard InChI is InChI=1S/C17H21N5O2/c18-17-19-6-5-16(21-17)22-7-1-2-13(11-22)20-12-3-4-14-15(10-12)24-9-8-23-14/h3-6,10,13,20H,1-2,7-9,11H2,(H2,18,19,21)/t13-/m0/s1. The van der Waals surface area contributed by atoms with Crippen LogP contribution in [0.2, 0.25) is 0 Å². The van der Waals surface area contributed by atoms with E-state index >= 15 is 0 Å². The monoisotopic (exact) mass is 327 g/mol. The fourth-order valence-corrected chi connectivity index (χ4v) is 3.21. The Morgan fingerprint density at radius 3 is 2.92 bits per heavy atom. The van der Waals surface area contributed by atoms with Gasteiger partial charge in [-0.2, -0.15) is 4.98 Å². The molecule has 126 valence electrons. The topological polar surface area (TPSA) is 85.5 Å². The minimum atomic E-state index is 0.314. The molecule has 7 heteroatoms. The van der Waals surface area contributed by atoms with Crippen LogP contribution in [-0.4, -0.2) is 42.3 Å². The summed E-state index contributed by atoms with van der Waals surface area (Å²) in [6.07, 6.45) is 3.92. The molecule has 3 N–H and O–H groups in total. The summed E-state index contributed by atoms with van der Waals surface area (Å²) >= 11 is 0. The van der Waals surface area contributed by atoms with Gasteiger partial charge in [-0.05, 0) is 31.0 Å². The third-order valence-electron chi connectivity index (χ3n) is 4.32. The van der Waals surface area contributed by atoms with E-state index in [2.05, 4.69) is 20.2 Å². The summed E-state index contributed by atoms with van der Waals surface area (Å²) < 4.78 is 11.2. The lowest BCUT2D eigenvalue weighted by molar-refractivity contribution is 0.171. The van der Waals surface area contributed by atoms with E-state index in [0.29, 0.717) is 25.2 Å². The molecule has 3 heterocycles. The highest BCUT2D eigenvalue weighted by Gasteiger charge is 2.22. The Labute approximate surface area is 140 Å². The molecule has 0 saturated carbocycles. The van der Waals surface area contributed by atoms with Crippen LogP contribution < -0.4 is 25.4 Å². The molecule has 1 atom stereocenters. The lowest BCUT2D eigenvalue weighted by atomic mass is 10.1. The second kappa shape index (κ2) is 6.43. The molecule has 0 amide bonds. The molecular weight excluding hydrogens is 306 g/mol. The molecule has 1 aromatic heterocycles. The highest BCUT2D eigenvalue weighted by molar-refractivity contribution is 5.56. The van der Waals surface area contributed by atoms with Crippen molar-refractivity contribution >= 4 is 17.5 Å². The summed E-state index contributed by atoms with van der Waals surface area (Å²) in [6.45, 7) is 3.07. The number of hydrogen-bond donors (Lipinski definition) is 2. The van der Waals surface area contributed by atoms with E-state index in [1.54, 1.807) is 6.20 Å². The van der Waals surface area contributed by atoms with Gasteiger partial charge in [0.2, 0.25) is 5.95 Å². The molecule has 2 aromatic rings. The van der Waals surface area contributed by atoms with E-state index in [1.165, 1.54) is 0 Å². The van der Waals surface area contributed by atoms with Crippen LogP contribution in [0.1, 0.15) is 12.8 Å². The van der Waals surface area contributed by atoms with Crippen molar-refractivity contribution in [3.63, 3.8) is 0 Å². The Hall–Kier alpha value is -2.70. The molecule has 1 aromatic carbocycles. The Morgan fingerprint density at radius 2 is 2.04 bits per heavy atom. The van der Waals surface area contributed by atoms with Crippen molar-refractivity contribution in [3.05, 3.63) is 30.5 Å². The minimum Gasteiger partial charge on any atom is -0.486 e. The second-order valence-corrected chi connectivity index (χ2v) is 6.06. The highest BCUT2D eigenvalue weighted by Crippen LogP contribution is 2.33. The van der Waals surface area contributed by atoms with Gasteiger partial charge in [-0.25, -0.2) is 4.98 Å². The van der Waals surface area contributed by atoms with Gasteiger partial charge in [0.1, 0.15) is 19.0 Å². The number of nitrogens with one attached hydrogen (secondary N) is 1. The number of nitrogens with two attached hydrogens (primary N) is 1. The van der Waals surface area contributed by atoms with Gasteiger partial charge < -0.3 is 25.4 Å². The first-order valence-corrected chi connectivity index (χ1v) is 8.27. The molecule has 7 nitrogen and oxygen atoms in total. The van der Waals surface area contributed by atoms with E-state index in [4.69, 9.17) is 15.2 Å². The van der Waals surface area contributed by atoms with Gasteiger partial charge in [-0.3, -0.25) is 0 Å². The fourth-order valence-electron chi connectivity index (χ4n) is 3.21. The van der Waals surface area contributed by atoms with Crippen LogP contribution in [0.25, 0.3) is 0 Å². The molecular formula is C17H21N5O2. The predicted octanol–water partition coefficient (Wildman–Crippen LogP) is 1.91. The molecule has 4 rings (SSSR count). The summed E-state index contributed by atoms with van der Waals surface area (Å²) in [5, 5.41) is 3.59. The smallest absolute Gasteiger partial charge is 0.221 e. The molecule has 0 spiro atoms. The van der Waals surface area contributed by atoms with Crippen LogP contribution in [0.5, 0.6) is 11.5 Å². The maximum Gasteiger partial charge on any atom is 0.221 e.